The first-order chi connectivity index (χ1) is 15.1. The number of azide groups is 1. The predicted molar refractivity (Wildman–Crippen MR) is 122 cm³/mol. The Bertz CT molecular complexity index is 822. The molecule has 8 nitrogen and oxygen atoms in total. The van der Waals surface area contributed by atoms with E-state index in [4.69, 9.17) is 19.7 Å². The van der Waals surface area contributed by atoms with Crippen LogP contribution in [0.4, 0.5) is 0 Å². The summed E-state index contributed by atoms with van der Waals surface area (Å²) in [7, 11) is 1.57. The Morgan fingerprint density at radius 3 is 2.50 bits per heavy atom. The van der Waals surface area contributed by atoms with Gasteiger partial charge in [-0.15, -0.1) is 0 Å². The molecule has 1 aromatic rings. The second kappa shape index (κ2) is 11.5. The van der Waals surface area contributed by atoms with Gasteiger partial charge in [0.05, 0.1) is 18.1 Å². The van der Waals surface area contributed by atoms with Crippen molar-refractivity contribution in [1.82, 2.24) is 0 Å². The summed E-state index contributed by atoms with van der Waals surface area (Å²) >= 11 is 0. The van der Waals surface area contributed by atoms with E-state index in [0.717, 1.165) is 11.1 Å². The number of carbonyl (C=O) groups is 1. The van der Waals surface area contributed by atoms with Crippen molar-refractivity contribution < 1.29 is 24.1 Å². The van der Waals surface area contributed by atoms with E-state index in [9.17, 15) is 9.90 Å². The van der Waals surface area contributed by atoms with Gasteiger partial charge in [0.2, 0.25) is 0 Å². The molecule has 178 valence electrons. The Labute approximate surface area is 190 Å². The summed E-state index contributed by atoms with van der Waals surface area (Å²) < 4.78 is 16.6. The number of aliphatic hydroxyl groups excluding tert-OH is 1. The number of nitrogens with zero attached hydrogens (tertiary/aromatic N) is 3. The molecule has 0 aliphatic carbocycles. The molecule has 0 saturated carbocycles. The van der Waals surface area contributed by atoms with Crippen LogP contribution < -0.4 is 4.74 Å². The zero-order valence-corrected chi connectivity index (χ0v) is 20.2. The molecule has 1 aliphatic rings. The first-order valence-corrected chi connectivity index (χ1v) is 11.3. The fourth-order valence-corrected chi connectivity index (χ4v) is 4.20. The smallest absolute Gasteiger partial charge is 0.309 e. The lowest BCUT2D eigenvalue weighted by atomic mass is 9.80. The van der Waals surface area contributed by atoms with Gasteiger partial charge in [-0.1, -0.05) is 44.9 Å². The van der Waals surface area contributed by atoms with Gasteiger partial charge >= 0.3 is 5.97 Å². The average molecular weight is 448 g/mol. The molecule has 1 N–H and O–H groups in total. The molecular formula is C24H37N3O5. The second-order valence-electron chi connectivity index (χ2n) is 9.37. The van der Waals surface area contributed by atoms with Crippen LogP contribution in [-0.2, 0) is 14.3 Å². The molecule has 0 aromatic heterocycles. The van der Waals surface area contributed by atoms with E-state index < -0.39 is 24.5 Å². The Kier molecular flexibility index (Phi) is 9.37. The minimum Gasteiger partial charge on any atom is -0.465 e. The molecule has 8 heteroatoms. The van der Waals surface area contributed by atoms with Crippen LogP contribution in [0.5, 0.6) is 5.75 Å². The summed E-state index contributed by atoms with van der Waals surface area (Å²) in [6.45, 7) is 11.8. The number of aliphatic hydroxyl groups is 1. The van der Waals surface area contributed by atoms with Gasteiger partial charge in [0.1, 0.15) is 11.9 Å². The average Bonchev–Trinajstić information content (AvgIpc) is 3.13. The minimum absolute atomic E-state index is 0.1000. The molecule has 6 atom stereocenters. The van der Waals surface area contributed by atoms with Crippen molar-refractivity contribution in [2.75, 3.05) is 7.11 Å². The highest BCUT2D eigenvalue weighted by atomic mass is 16.7. The summed E-state index contributed by atoms with van der Waals surface area (Å²) in [6, 6.07) is 5.08. The molecule has 0 amide bonds. The van der Waals surface area contributed by atoms with Crippen LogP contribution >= 0.6 is 0 Å². The van der Waals surface area contributed by atoms with E-state index in [-0.39, 0.29) is 29.6 Å². The topological polar surface area (TPSA) is 114 Å². The first kappa shape index (κ1) is 26.0. The number of ether oxygens (including phenoxy) is 3. The summed E-state index contributed by atoms with van der Waals surface area (Å²) in [4.78, 5) is 15.3. The number of methoxy groups -OCH3 is 1. The number of hydrogen-bond acceptors (Lipinski definition) is 6. The lowest BCUT2D eigenvalue weighted by molar-refractivity contribution is -0.146. The zero-order valence-electron chi connectivity index (χ0n) is 20.2. The fraction of sp³-hybridized carbons (Fsp3) is 0.708. The Morgan fingerprint density at radius 1 is 1.28 bits per heavy atom. The number of rotatable bonds is 11. The number of carbonyl (C=O) groups excluding carboxylic acids is 1. The maximum Gasteiger partial charge on any atom is 0.309 e. The molecule has 1 fully saturated rings. The van der Waals surface area contributed by atoms with Crippen LogP contribution in [0.2, 0.25) is 0 Å². The van der Waals surface area contributed by atoms with E-state index >= 15 is 0 Å². The van der Waals surface area contributed by atoms with E-state index in [1.165, 1.54) is 0 Å². The van der Waals surface area contributed by atoms with Crippen LogP contribution in [0.25, 0.3) is 10.4 Å². The summed E-state index contributed by atoms with van der Waals surface area (Å²) in [5.41, 5.74) is 10.8. The van der Waals surface area contributed by atoms with Gasteiger partial charge in [-0.25, -0.2) is 0 Å². The van der Waals surface area contributed by atoms with Crippen LogP contribution in [0.15, 0.2) is 23.3 Å². The SMILES string of the molecule is CO[C@H](C)Oc1cc([C@@H](O)[C@@H](C[C@H](N=[N+]=[N-])[C@@H]2C[C@@H](C(C)C)C(=O)O2)C(C)C)ccc1C. The Balaban J connectivity index is 2.25. The van der Waals surface area contributed by atoms with E-state index in [0.29, 0.717) is 18.6 Å². The standard InChI is InChI=1S/C24H37N3O5/c1-13(2)18(11-20(26-27-25)22-12-19(14(3)4)24(29)32-22)23(28)17-9-8-15(5)21(10-17)31-16(6)30-7/h8-10,13-14,16,18-20,22-23,28H,11-12H2,1-7H3/t16-,18-,19-,20-,22-,23+/m0/s1. The molecule has 32 heavy (non-hydrogen) atoms. The van der Waals surface area contributed by atoms with Gasteiger partial charge in [-0.2, -0.15) is 0 Å². The number of benzene rings is 1. The largest absolute Gasteiger partial charge is 0.465 e. The van der Waals surface area contributed by atoms with Crippen molar-refractivity contribution in [3.05, 3.63) is 39.8 Å². The van der Waals surface area contributed by atoms with Crippen molar-refractivity contribution in [3.63, 3.8) is 0 Å². The molecular weight excluding hydrogens is 410 g/mol. The highest BCUT2D eigenvalue weighted by molar-refractivity contribution is 5.75. The molecule has 1 aromatic carbocycles. The monoisotopic (exact) mass is 447 g/mol. The van der Waals surface area contributed by atoms with Crippen molar-refractivity contribution >= 4 is 5.97 Å². The molecule has 0 bridgehead atoms. The predicted octanol–water partition coefficient (Wildman–Crippen LogP) is 5.33. The highest BCUT2D eigenvalue weighted by Crippen LogP contribution is 2.38. The molecule has 0 unspecified atom stereocenters. The summed E-state index contributed by atoms with van der Waals surface area (Å²) in [5.74, 6) is 0.261. The number of esters is 1. The third-order valence-corrected chi connectivity index (χ3v) is 6.44. The second-order valence-corrected chi connectivity index (χ2v) is 9.37. The maximum atomic E-state index is 12.3. The van der Waals surface area contributed by atoms with Crippen molar-refractivity contribution in [2.24, 2.45) is 28.8 Å². The van der Waals surface area contributed by atoms with Gasteiger partial charge in [-0.05, 0) is 67.2 Å². The molecule has 0 spiro atoms. The maximum absolute atomic E-state index is 12.3. The number of hydrogen-bond donors (Lipinski definition) is 1. The van der Waals surface area contributed by atoms with Crippen molar-refractivity contribution in [1.29, 1.82) is 0 Å². The van der Waals surface area contributed by atoms with Gasteiger partial charge < -0.3 is 19.3 Å². The minimum atomic E-state index is -0.801. The summed E-state index contributed by atoms with van der Waals surface area (Å²) in [6.07, 6.45) is -0.755. The molecule has 1 saturated heterocycles. The van der Waals surface area contributed by atoms with Gasteiger partial charge in [0.25, 0.3) is 0 Å². The molecule has 2 rings (SSSR count). The first-order valence-electron chi connectivity index (χ1n) is 11.3. The third-order valence-electron chi connectivity index (χ3n) is 6.44. The normalized spacial score (nSPS) is 22.2. The quantitative estimate of drug-likeness (QED) is 0.162. The Hall–Kier alpha value is -2.28. The molecule has 1 heterocycles. The van der Waals surface area contributed by atoms with Crippen molar-refractivity contribution in [2.45, 2.75) is 78.9 Å². The van der Waals surface area contributed by atoms with Gasteiger partial charge in [0.15, 0.2) is 6.29 Å². The lowest BCUT2D eigenvalue weighted by Crippen LogP contribution is -2.31. The van der Waals surface area contributed by atoms with Gasteiger partial charge in [-0.3, -0.25) is 4.79 Å². The number of aryl methyl sites for hydroxylation is 1. The van der Waals surface area contributed by atoms with E-state index in [2.05, 4.69) is 10.0 Å². The van der Waals surface area contributed by atoms with Crippen LogP contribution in [0.1, 0.15) is 64.7 Å². The van der Waals surface area contributed by atoms with Crippen LogP contribution in [0.3, 0.4) is 0 Å². The highest BCUT2D eigenvalue weighted by Gasteiger charge is 2.41. The third kappa shape index (κ3) is 6.37. The van der Waals surface area contributed by atoms with E-state index in [1.54, 1.807) is 14.0 Å². The van der Waals surface area contributed by atoms with Crippen LogP contribution in [-0.4, -0.2) is 36.6 Å². The molecule has 0 radical (unpaired) electrons. The van der Waals surface area contributed by atoms with Gasteiger partial charge in [0, 0.05) is 12.0 Å². The van der Waals surface area contributed by atoms with Crippen molar-refractivity contribution in [3.8, 4) is 5.75 Å². The van der Waals surface area contributed by atoms with Crippen LogP contribution in [0, 0.1) is 30.6 Å². The van der Waals surface area contributed by atoms with E-state index in [1.807, 2.05) is 52.8 Å². The zero-order chi connectivity index (χ0) is 24.0. The number of cyclic esters (lactones) is 1. The fourth-order valence-electron chi connectivity index (χ4n) is 4.20. The summed E-state index contributed by atoms with van der Waals surface area (Å²) in [5, 5.41) is 15.2. The lowest BCUT2D eigenvalue weighted by Gasteiger charge is -2.31. The molecule has 1 aliphatic heterocycles. The Morgan fingerprint density at radius 2 is 1.97 bits per heavy atom.